The van der Waals surface area contributed by atoms with Crippen molar-refractivity contribution in [2.75, 3.05) is 38.1 Å². The fourth-order valence-corrected chi connectivity index (χ4v) is 5.20. The number of likely N-dealkylation sites (N-methyl/N-ethyl adjacent to an activating group) is 1. The lowest BCUT2D eigenvalue weighted by Gasteiger charge is -2.43. The average molecular weight is 434 g/mol. The minimum atomic E-state index is 0.0993. The Morgan fingerprint density at radius 1 is 1.00 bits per heavy atom. The molecule has 5 heteroatoms. The van der Waals surface area contributed by atoms with Crippen LogP contribution in [-0.4, -0.2) is 61.3 Å². The predicted molar refractivity (Wildman–Crippen MR) is 129 cm³/mol. The molecule has 2 aromatic rings. The van der Waals surface area contributed by atoms with E-state index < -0.39 is 0 Å². The van der Waals surface area contributed by atoms with E-state index in [2.05, 4.69) is 52.0 Å². The number of amides is 1. The van der Waals surface area contributed by atoms with Crippen LogP contribution in [0.15, 0.2) is 54.6 Å². The van der Waals surface area contributed by atoms with Gasteiger partial charge in [-0.05, 0) is 61.6 Å². The summed E-state index contributed by atoms with van der Waals surface area (Å²) >= 11 is 0. The van der Waals surface area contributed by atoms with Crippen molar-refractivity contribution in [3.63, 3.8) is 0 Å². The predicted octanol–water partition coefficient (Wildman–Crippen LogP) is 4.08. The van der Waals surface area contributed by atoms with Gasteiger partial charge in [-0.15, -0.1) is 0 Å². The third kappa shape index (κ3) is 5.21. The van der Waals surface area contributed by atoms with Crippen molar-refractivity contribution in [3.8, 4) is 0 Å². The van der Waals surface area contributed by atoms with Crippen LogP contribution in [0.3, 0.4) is 0 Å². The smallest absolute Gasteiger partial charge is 0.225 e. The molecule has 5 nitrogen and oxygen atoms in total. The average Bonchev–Trinajstić information content (AvgIpc) is 2.85. The van der Waals surface area contributed by atoms with Crippen molar-refractivity contribution in [2.45, 2.75) is 38.8 Å². The summed E-state index contributed by atoms with van der Waals surface area (Å²) in [5.41, 5.74) is 3.17. The first-order chi connectivity index (χ1) is 15.5. The number of aldehydes is 1. The third-order valence-electron chi connectivity index (χ3n) is 7.34. The third-order valence-corrected chi connectivity index (χ3v) is 7.34. The lowest BCUT2D eigenvalue weighted by Crippen LogP contribution is -2.54. The van der Waals surface area contributed by atoms with Gasteiger partial charge in [0.15, 0.2) is 0 Å². The first-order valence-electron chi connectivity index (χ1n) is 11.9. The van der Waals surface area contributed by atoms with Crippen molar-refractivity contribution < 1.29 is 9.59 Å². The van der Waals surface area contributed by atoms with Crippen molar-refractivity contribution in [3.05, 3.63) is 65.7 Å². The summed E-state index contributed by atoms with van der Waals surface area (Å²) in [5, 5.41) is 0. The van der Waals surface area contributed by atoms with Gasteiger partial charge in [-0.2, -0.15) is 0 Å². The topological polar surface area (TPSA) is 43.9 Å². The van der Waals surface area contributed by atoms with E-state index in [0.717, 1.165) is 64.0 Å². The van der Waals surface area contributed by atoms with E-state index in [9.17, 15) is 9.59 Å². The Morgan fingerprint density at radius 2 is 1.69 bits per heavy atom. The summed E-state index contributed by atoms with van der Waals surface area (Å²) in [4.78, 5) is 31.1. The molecule has 4 rings (SSSR count). The molecule has 2 atom stereocenters. The summed E-state index contributed by atoms with van der Waals surface area (Å²) in [6, 6.07) is 18.6. The number of benzene rings is 2. The normalized spacial score (nSPS) is 22.5. The maximum atomic E-state index is 13.4. The number of nitrogens with zero attached hydrogens (tertiary/aromatic N) is 3. The second-order valence-electron chi connectivity index (χ2n) is 9.47. The molecule has 2 heterocycles. The maximum Gasteiger partial charge on any atom is 0.225 e. The molecule has 0 radical (unpaired) electrons. The van der Waals surface area contributed by atoms with E-state index in [1.165, 1.54) is 5.56 Å². The van der Waals surface area contributed by atoms with E-state index >= 15 is 0 Å². The van der Waals surface area contributed by atoms with Gasteiger partial charge in [0.2, 0.25) is 5.91 Å². The fourth-order valence-electron chi connectivity index (χ4n) is 5.20. The molecule has 0 bridgehead atoms. The van der Waals surface area contributed by atoms with Crippen LogP contribution in [0.2, 0.25) is 0 Å². The van der Waals surface area contributed by atoms with Gasteiger partial charge in [-0.25, -0.2) is 0 Å². The molecular weight excluding hydrogens is 398 g/mol. The highest BCUT2D eigenvalue weighted by atomic mass is 16.2. The minimum Gasteiger partial charge on any atom is -0.371 e. The Morgan fingerprint density at radius 3 is 2.34 bits per heavy atom. The molecule has 0 saturated carbocycles. The van der Waals surface area contributed by atoms with Gasteiger partial charge in [0.25, 0.3) is 0 Å². The molecule has 0 aromatic heterocycles. The summed E-state index contributed by atoms with van der Waals surface area (Å²) in [6.45, 7) is 7.04. The Kier molecular flexibility index (Phi) is 7.26. The lowest BCUT2D eigenvalue weighted by atomic mass is 9.89. The second kappa shape index (κ2) is 10.3. The van der Waals surface area contributed by atoms with E-state index in [0.29, 0.717) is 17.4 Å². The van der Waals surface area contributed by atoms with E-state index in [1.54, 1.807) is 0 Å². The Bertz CT molecular complexity index is 891. The molecule has 0 aliphatic carbocycles. The zero-order chi connectivity index (χ0) is 22.5. The van der Waals surface area contributed by atoms with Crippen molar-refractivity contribution in [1.82, 2.24) is 9.80 Å². The summed E-state index contributed by atoms with van der Waals surface area (Å²) < 4.78 is 0. The van der Waals surface area contributed by atoms with Gasteiger partial charge in [0, 0.05) is 56.4 Å². The highest BCUT2D eigenvalue weighted by molar-refractivity contribution is 5.79. The quantitative estimate of drug-likeness (QED) is 0.644. The molecular formula is C27H35N3O2. The number of hydrogen-bond donors (Lipinski definition) is 0. The van der Waals surface area contributed by atoms with Gasteiger partial charge in [-0.1, -0.05) is 37.3 Å². The van der Waals surface area contributed by atoms with E-state index in [1.807, 2.05) is 31.3 Å². The molecule has 2 saturated heterocycles. The van der Waals surface area contributed by atoms with Crippen LogP contribution < -0.4 is 4.90 Å². The standard InChI is InChI=1S/C27H35N3O2/c1-21-12-15-29(18-22-6-4-3-5-7-22)19-26(21)28(2)27(32)24-13-16-30(17-14-24)25-10-8-23(20-31)9-11-25/h3-11,20-21,24,26H,12-19H2,1-2H3/t21-,26+/m1/s1. The molecule has 32 heavy (non-hydrogen) atoms. The van der Waals surface area contributed by atoms with Gasteiger partial charge in [0.1, 0.15) is 6.29 Å². The Balaban J connectivity index is 1.32. The molecule has 170 valence electrons. The molecule has 2 aliphatic rings. The second-order valence-corrected chi connectivity index (χ2v) is 9.47. The van der Waals surface area contributed by atoms with Crippen LogP contribution in [0, 0.1) is 11.8 Å². The van der Waals surface area contributed by atoms with Crippen molar-refractivity contribution in [2.24, 2.45) is 11.8 Å². The highest BCUT2D eigenvalue weighted by Gasteiger charge is 2.35. The lowest BCUT2D eigenvalue weighted by molar-refractivity contribution is -0.139. The molecule has 1 amide bonds. The van der Waals surface area contributed by atoms with E-state index in [4.69, 9.17) is 0 Å². The maximum absolute atomic E-state index is 13.4. The highest BCUT2D eigenvalue weighted by Crippen LogP contribution is 2.28. The first-order valence-corrected chi connectivity index (χ1v) is 11.9. The summed E-state index contributed by atoms with van der Waals surface area (Å²) in [7, 11) is 2.01. The van der Waals surface area contributed by atoms with Crippen LogP contribution in [0.1, 0.15) is 42.1 Å². The number of rotatable bonds is 6. The SMILES string of the molecule is C[C@@H]1CCN(Cc2ccccc2)C[C@@H]1N(C)C(=O)C1CCN(c2ccc(C=O)cc2)CC1. The molecule has 0 spiro atoms. The van der Waals surface area contributed by atoms with Gasteiger partial charge in [-0.3, -0.25) is 14.5 Å². The minimum absolute atomic E-state index is 0.0993. The first kappa shape index (κ1) is 22.5. The van der Waals surface area contributed by atoms with Gasteiger partial charge < -0.3 is 9.80 Å². The zero-order valence-corrected chi connectivity index (χ0v) is 19.3. The zero-order valence-electron chi connectivity index (χ0n) is 19.3. The molecule has 2 fully saturated rings. The van der Waals surface area contributed by atoms with Crippen LogP contribution in [0.25, 0.3) is 0 Å². The van der Waals surface area contributed by atoms with Gasteiger partial charge in [0.05, 0.1) is 0 Å². The summed E-state index contributed by atoms with van der Waals surface area (Å²) in [6.07, 6.45) is 3.77. The van der Waals surface area contributed by atoms with Crippen molar-refractivity contribution >= 4 is 17.9 Å². The largest absolute Gasteiger partial charge is 0.371 e. The number of hydrogen-bond acceptors (Lipinski definition) is 4. The number of likely N-dealkylation sites (tertiary alicyclic amines) is 1. The monoisotopic (exact) mass is 433 g/mol. The number of carbonyl (C=O) groups is 2. The van der Waals surface area contributed by atoms with Crippen LogP contribution in [-0.2, 0) is 11.3 Å². The number of carbonyl (C=O) groups excluding carboxylic acids is 2. The summed E-state index contributed by atoms with van der Waals surface area (Å²) in [5.74, 6) is 0.925. The fraction of sp³-hybridized carbons (Fsp3) is 0.481. The van der Waals surface area contributed by atoms with Crippen LogP contribution >= 0.6 is 0 Å². The molecule has 2 aromatic carbocycles. The number of anilines is 1. The van der Waals surface area contributed by atoms with Crippen LogP contribution in [0.5, 0.6) is 0 Å². The Labute approximate surface area is 192 Å². The molecule has 0 unspecified atom stereocenters. The molecule has 2 aliphatic heterocycles. The molecule has 0 N–H and O–H groups in total. The van der Waals surface area contributed by atoms with Crippen LogP contribution in [0.4, 0.5) is 5.69 Å². The Hall–Kier alpha value is -2.66. The van der Waals surface area contributed by atoms with Crippen molar-refractivity contribution in [1.29, 1.82) is 0 Å². The number of piperidine rings is 2. The van der Waals surface area contributed by atoms with E-state index in [-0.39, 0.29) is 12.0 Å². The van der Waals surface area contributed by atoms with Gasteiger partial charge >= 0.3 is 0 Å².